The van der Waals surface area contributed by atoms with Crippen molar-refractivity contribution in [3.8, 4) is 0 Å². The number of rotatable bonds is 6. The number of carbonyl (C=O) groups is 1. The van der Waals surface area contributed by atoms with Gasteiger partial charge in [0.15, 0.2) is 0 Å². The Morgan fingerprint density at radius 2 is 2.11 bits per heavy atom. The quantitative estimate of drug-likeness (QED) is 0.736. The minimum Gasteiger partial charge on any atom is -0.385 e. The van der Waals surface area contributed by atoms with Crippen LogP contribution in [0.3, 0.4) is 0 Å². The molecule has 1 N–H and O–H groups in total. The Bertz CT molecular complexity index is 288. The summed E-state index contributed by atoms with van der Waals surface area (Å²) in [6.45, 7) is 3.81. The summed E-state index contributed by atoms with van der Waals surface area (Å²) in [6, 6.07) is 0. The second-order valence-corrected chi connectivity index (χ2v) is 5.56. The number of amides is 1. The van der Waals surface area contributed by atoms with E-state index in [1.54, 1.807) is 7.11 Å². The van der Waals surface area contributed by atoms with Gasteiger partial charge in [0, 0.05) is 20.3 Å². The van der Waals surface area contributed by atoms with Crippen LogP contribution < -0.4 is 5.32 Å². The number of hydrogen-bond donors (Lipinski definition) is 1. The van der Waals surface area contributed by atoms with Crippen molar-refractivity contribution in [2.45, 2.75) is 63.6 Å². The molecule has 0 radical (unpaired) electrons. The highest BCUT2D eigenvalue weighted by Gasteiger charge is 2.51. The summed E-state index contributed by atoms with van der Waals surface area (Å²) < 4.78 is 5.06. The van der Waals surface area contributed by atoms with E-state index in [0.29, 0.717) is 5.91 Å². The zero-order chi connectivity index (χ0) is 13.0. The molecule has 1 heterocycles. The van der Waals surface area contributed by atoms with Crippen molar-refractivity contribution >= 4 is 5.91 Å². The molecule has 0 aromatic carbocycles. The largest absolute Gasteiger partial charge is 0.385 e. The maximum Gasteiger partial charge on any atom is 0.244 e. The third-order valence-corrected chi connectivity index (χ3v) is 4.33. The van der Waals surface area contributed by atoms with Crippen LogP contribution in [-0.4, -0.2) is 42.8 Å². The summed E-state index contributed by atoms with van der Waals surface area (Å²) >= 11 is 0. The first kappa shape index (κ1) is 13.8. The average molecular weight is 254 g/mol. The van der Waals surface area contributed by atoms with E-state index in [-0.39, 0.29) is 11.7 Å². The molecule has 104 valence electrons. The first-order valence-corrected chi connectivity index (χ1v) is 7.31. The van der Waals surface area contributed by atoms with Crippen molar-refractivity contribution in [1.29, 1.82) is 0 Å². The fourth-order valence-corrected chi connectivity index (χ4v) is 3.32. The van der Waals surface area contributed by atoms with E-state index in [0.717, 1.165) is 45.3 Å². The summed E-state index contributed by atoms with van der Waals surface area (Å²) in [4.78, 5) is 14.7. The van der Waals surface area contributed by atoms with Gasteiger partial charge in [-0.3, -0.25) is 10.1 Å². The molecule has 2 aliphatic rings. The Hall–Kier alpha value is -0.610. The minimum absolute atomic E-state index is 0.206. The van der Waals surface area contributed by atoms with E-state index in [9.17, 15) is 4.79 Å². The topological polar surface area (TPSA) is 41.6 Å². The molecular weight excluding hydrogens is 228 g/mol. The van der Waals surface area contributed by atoms with Crippen LogP contribution in [0.25, 0.3) is 0 Å². The van der Waals surface area contributed by atoms with E-state index in [1.165, 1.54) is 12.8 Å². The van der Waals surface area contributed by atoms with Crippen LogP contribution >= 0.6 is 0 Å². The zero-order valence-corrected chi connectivity index (χ0v) is 11.7. The molecule has 1 aliphatic heterocycles. The number of nitrogens with zero attached hydrogens (tertiary/aromatic N) is 1. The molecule has 1 spiro atoms. The lowest BCUT2D eigenvalue weighted by atomic mass is 9.98. The van der Waals surface area contributed by atoms with Crippen LogP contribution in [0, 0.1) is 0 Å². The Kier molecular flexibility index (Phi) is 4.62. The summed E-state index contributed by atoms with van der Waals surface area (Å²) in [5.41, 5.74) is -0.206. The second kappa shape index (κ2) is 6.02. The monoisotopic (exact) mass is 254 g/mol. The van der Waals surface area contributed by atoms with Crippen LogP contribution in [0.15, 0.2) is 0 Å². The fourth-order valence-electron chi connectivity index (χ4n) is 3.32. The molecule has 0 bridgehead atoms. The summed E-state index contributed by atoms with van der Waals surface area (Å²) in [5, 5.41) is 3.60. The Balaban J connectivity index is 1.93. The highest BCUT2D eigenvalue weighted by atomic mass is 16.5. The standard InChI is InChI=1S/C14H26N2O2/c1-3-12-15-14(8-4-5-9-14)13(17)16(12)10-6-7-11-18-2/h12,15H,3-11H2,1-2H3. The van der Waals surface area contributed by atoms with Crippen molar-refractivity contribution in [3.05, 3.63) is 0 Å². The Morgan fingerprint density at radius 1 is 1.39 bits per heavy atom. The summed E-state index contributed by atoms with van der Waals surface area (Å²) in [6.07, 6.45) is 7.74. The van der Waals surface area contributed by atoms with Crippen molar-refractivity contribution in [2.24, 2.45) is 0 Å². The van der Waals surface area contributed by atoms with Crippen LogP contribution in [0.5, 0.6) is 0 Å². The predicted molar refractivity (Wildman–Crippen MR) is 71.2 cm³/mol. The lowest BCUT2D eigenvalue weighted by Crippen LogP contribution is -2.44. The molecule has 4 heteroatoms. The van der Waals surface area contributed by atoms with Crippen LogP contribution in [0.2, 0.25) is 0 Å². The smallest absolute Gasteiger partial charge is 0.244 e. The number of nitrogens with one attached hydrogen (secondary N) is 1. The summed E-state index contributed by atoms with van der Waals surface area (Å²) in [5.74, 6) is 0.351. The molecule has 1 atom stereocenters. The van der Waals surface area contributed by atoms with Crippen molar-refractivity contribution in [2.75, 3.05) is 20.3 Å². The highest BCUT2D eigenvalue weighted by Crippen LogP contribution is 2.36. The van der Waals surface area contributed by atoms with Gasteiger partial charge in [0.2, 0.25) is 5.91 Å². The molecule has 0 aromatic rings. The SMILES string of the molecule is CCC1NC2(CCCC2)C(=O)N1CCCCOC. The molecule has 18 heavy (non-hydrogen) atoms. The van der Waals surface area contributed by atoms with E-state index in [2.05, 4.69) is 17.1 Å². The fraction of sp³-hybridized carbons (Fsp3) is 0.929. The second-order valence-electron chi connectivity index (χ2n) is 5.56. The number of carbonyl (C=O) groups excluding carboxylic acids is 1. The third-order valence-electron chi connectivity index (χ3n) is 4.33. The average Bonchev–Trinajstić information content (AvgIpc) is 2.95. The number of hydrogen-bond acceptors (Lipinski definition) is 3. The van der Waals surface area contributed by atoms with E-state index < -0.39 is 0 Å². The van der Waals surface area contributed by atoms with Gasteiger partial charge in [-0.15, -0.1) is 0 Å². The number of ether oxygens (including phenoxy) is 1. The van der Waals surface area contributed by atoms with E-state index >= 15 is 0 Å². The van der Waals surface area contributed by atoms with Gasteiger partial charge in [0.1, 0.15) is 0 Å². The molecule has 1 saturated heterocycles. The van der Waals surface area contributed by atoms with Crippen molar-refractivity contribution in [3.63, 3.8) is 0 Å². The lowest BCUT2D eigenvalue weighted by Gasteiger charge is -2.23. The maximum atomic E-state index is 12.6. The summed E-state index contributed by atoms with van der Waals surface area (Å²) in [7, 11) is 1.73. The van der Waals surface area contributed by atoms with Gasteiger partial charge in [-0.1, -0.05) is 19.8 Å². The van der Waals surface area contributed by atoms with E-state index in [4.69, 9.17) is 4.74 Å². The van der Waals surface area contributed by atoms with Gasteiger partial charge in [0.25, 0.3) is 0 Å². The van der Waals surface area contributed by atoms with Crippen LogP contribution in [0.4, 0.5) is 0 Å². The third kappa shape index (κ3) is 2.54. The van der Waals surface area contributed by atoms with Crippen LogP contribution in [-0.2, 0) is 9.53 Å². The molecule has 4 nitrogen and oxygen atoms in total. The van der Waals surface area contributed by atoms with Crippen LogP contribution in [0.1, 0.15) is 51.9 Å². The molecule has 0 aromatic heterocycles. The minimum atomic E-state index is -0.206. The van der Waals surface area contributed by atoms with E-state index in [1.807, 2.05) is 0 Å². The van der Waals surface area contributed by atoms with Gasteiger partial charge in [-0.2, -0.15) is 0 Å². The van der Waals surface area contributed by atoms with Crippen molar-refractivity contribution < 1.29 is 9.53 Å². The Morgan fingerprint density at radius 3 is 2.72 bits per heavy atom. The normalized spacial score (nSPS) is 26.4. The van der Waals surface area contributed by atoms with Gasteiger partial charge in [-0.05, 0) is 32.1 Å². The molecule has 2 rings (SSSR count). The molecular formula is C14H26N2O2. The Labute approximate surface area is 110 Å². The lowest BCUT2D eigenvalue weighted by molar-refractivity contribution is -0.133. The van der Waals surface area contributed by atoms with Gasteiger partial charge in [-0.25, -0.2) is 0 Å². The van der Waals surface area contributed by atoms with Gasteiger partial charge >= 0.3 is 0 Å². The predicted octanol–water partition coefficient (Wildman–Crippen LogP) is 1.89. The van der Waals surface area contributed by atoms with Gasteiger partial charge in [0.05, 0.1) is 11.7 Å². The van der Waals surface area contributed by atoms with Gasteiger partial charge < -0.3 is 9.64 Å². The van der Waals surface area contributed by atoms with Crippen molar-refractivity contribution in [1.82, 2.24) is 10.2 Å². The number of unbranched alkanes of at least 4 members (excludes halogenated alkanes) is 1. The highest BCUT2D eigenvalue weighted by molar-refractivity contribution is 5.89. The first-order chi connectivity index (χ1) is 8.73. The molecule has 1 aliphatic carbocycles. The zero-order valence-electron chi connectivity index (χ0n) is 11.7. The molecule has 1 amide bonds. The molecule has 1 unspecified atom stereocenters. The maximum absolute atomic E-state index is 12.6. The molecule has 2 fully saturated rings. The molecule has 1 saturated carbocycles. The first-order valence-electron chi connectivity index (χ1n) is 7.31. The number of methoxy groups -OCH3 is 1.